The van der Waals surface area contributed by atoms with Crippen molar-refractivity contribution in [2.75, 3.05) is 6.61 Å². The maximum Gasteiger partial charge on any atom is 0.573 e. The van der Waals surface area contributed by atoms with Crippen molar-refractivity contribution >= 4 is 11.7 Å². The standard InChI is InChI=1S/C11H9F5N2O5/c1-2-22-7(19)3-5-8(10(12)13)17-4-6(18(20)21)9(5)23-11(14,15)16/h4,10H,2-3H2,1H3. The fourth-order valence-corrected chi connectivity index (χ4v) is 1.61. The molecule has 23 heavy (non-hydrogen) atoms. The van der Waals surface area contributed by atoms with Gasteiger partial charge in [0.05, 0.1) is 18.0 Å². The van der Waals surface area contributed by atoms with E-state index in [2.05, 4.69) is 14.5 Å². The second-order valence-corrected chi connectivity index (χ2v) is 3.92. The summed E-state index contributed by atoms with van der Waals surface area (Å²) in [5.41, 5.74) is -3.58. The molecule has 1 rings (SSSR count). The number of nitro groups is 1. The average Bonchev–Trinajstić information content (AvgIpc) is 2.38. The van der Waals surface area contributed by atoms with Crippen molar-refractivity contribution in [1.29, 1.82) is 0 Å². The molecule has 1 aromatic heterocycles. The predicted molar refractivity (Wildman–Crippen MR) is 62.9 cm³/mol. The van der Waals surface area contributed by atoms with Gasteiger partial charge in [-0.25, -0.2) is 13.8 Å². The Labute approximate surface area is 125 Å². The normalized spacial score (nSPS) is 11.4. The molecule has 0 unspecified atom stereocenters. The van der Waals surface area contributed by atoms with Crippen LogP contribution in [0, 0.1) is 10.1 Å². The van der Waals surface area contributed by atoms with E-state index in [-0.39, 0.29) is 12.8 Å². The number of carbonyl (C=O) groups is 1. The van der Waals surface area contributed by atoms with Crippen LogP contribution in [-0.2, 0) is 16.0 Å². The van der Waals surface area contributed by atoms with Crippen LogP contribution in [0.15, 0.2) is 6.20 Å². The van der Waals surface area contributed by atoms with Gasteiger partial charge < -0.3 is 9.47 Å². The van der Waals surface area contributed by atoms with Crippen molar-refractivity contribution < 1.29 is 41.1 Å². The Morgan fingerprint density at radius 1 is 1.43 bits per heavy atom. The Morgan fingerprint density at radius 3 is 2.48 bits per heavy atom. The summed E-state index contributed by atoms with van der Waals surface area (Å²) in [4.78, 5) is 23.9. The van der Waals surface area contributed by atoms with Gasteiger partial charge >= 0.3 is 18.0 Å². The molecular formula is C11H9F5N2O5. The van der Waals surface area contributed by atoms with E-state index in [1.807, 2.05) is 0 Å². The van der Waals surface area contributed by atoms with Crippen molar-refractivity contribution in [2.45, 2.75) is 26.1 Å². The number of hydrogen-bond donors (Lipinski definition) is 0. The highest BCUT2D eigenvalue weighted by Crippen LogP contribution is 2.39. The summed E-state index contributed by atoms with van der Waals surface area (Å²) in [6.07, 6.45) is -9.66. The van der Waals surface area contributed by atoms with Crippen LogP contribution in [0.25, 0.3) is 0 Å². The molecule has 0 saturated carbocycles. The summed E-state index contributed by atoms with van der Waals surface area (Å²) < 4.78 is 70.9. The summed E-state index contributed by atoms with van der Waals surface area (Å²) in [5.74, 6) is -2.68. The van der Waals surface area contributed by atoms with E-state index < -0.39 is 52.8 Å². The lowest BCUT2D eigenvalue weighted by Crippen LogP contribution is -2.21. The smallest absolute Gasteiger partial charge is 0.466 e. The summed E-state index contributed by atoms with van der Waals surface area (Å²) in [6.45, 7) is 1.21. The minimum atomic E-state index is -5.39. The molecular weight excluding hydrogens is 335 g/mol. The predicted octanol–water partition coefficient (Wildman–Crippen LogP) is 2.93. The molecule has 0 aliphatic carbocycles. The van der Waals surface area contributed by atoms with E-state index in [1.54, 1.807) is 0 Å². The van der Waals surface area contributed by atoms with Crippen molar-refractivity contribution in [2.24, 2.45) is 0 Å². The number of alkyl halides is 5. The third kappa shape index (κ3) is 5.00. The zero-order valence-corrected chi connectivity index (χ0v) is 11.4. The first-order valence-electron chi connectivity index (χ1n) is 5.92. The molecule has 0 aliphatic rings. The van der Waals surface area contributed by atoms with Gasteiger partial charge in [-0.05, 0) is 6.92 Å². The lowest BCUT2D eigenvalue weighted by atomic mass is 10.1. The topological polar surface area (TPSA) is 91.6 Å². The van der Waals surface area contributed by atoms with Gasteiger partial charge in [0.1, 0.15) is 11.9 Å². The van der Waals surface area contributed by atoms with E-state index in [0.29, 0.717) is 0 Å². The Hall–Kier alpha value is -2.53. The van der Waals surface area contributed by atoms with Gasteiger partial charge in [0.15, 0.2) is 0 Å². The van der Waals surface area contributed by atoms with Crippen LogP contribution in [-0.4, -0.2) is 28.8 Å². The third-order valence-corrected chi connectivity index (χ3v) is 2.39. The molecule has 0 N–H and O–H groups in total. The molecule has 7 nitrogen and oxygen atoms in total. The molecule has 1 heterocycles. The van der Waals surface area contributed by atoms with Crippen LogP contribution in [0.4, 0.5) is 27.6 Å². The highest BCUT2D eigenvalue weighted by Gasteiger charge is 2.38. The SMILES string of the molecule is CCOC(=O)Cc1c(C(F)F)ncc([N+](=O)[O-])c1OC(F)(F)F. The van der Waals surface area contributed by atoms with Gasteiger partial charge in [0.2, 0.25) is 5.75 Å². The molecule has 0 radical (unpaired) electrons. The number of hydrogen-bond acceptors (Lipinski definition) is 6. The number of halogens is 5. The number of nitrogens with zero attached hydrogens (tertiary/aromatic N) is 2. The Bertz CT molecular complexity index is 605. The minimum Gasteiger partial charge on any atom is -0.466 e. The first-order valence-corrected chi connectivity index (χ1v) is 5.92. The van der Waals surface area contributed by atoms with Crippen LogP contribution in [0.1, 0.15) is 24.6 Å². The number of pyridine rings is 1. The number of rotatable bonds is 6. The average molecular weight is 344 g/mol. The number of aromatic nitrogens is 1. The first-order chi connectivity index (χ1) is 10.6. The molecule has 1 aromatic rings. The number of esters is 1. The summed E-state index contributed by atoms with van der Waals surface area (Å²) in [7, 11) is 0. The van der Waals surface area contributed by atoms with Crippen molar-refractivity contribution in [3.63, 3.8) is 0 Å². The molecule has 0 fully saturated rings. The van der Waals surface area contributed by atoms with Crippen LogP contribution in [0.5, 0.6) is 5.75 Å². The maximum atomic E-state index is 12.9. The third-order valence-electron chi connectivity index (χ3n) is 2.39. The van der Waals surface area contributed by atoms with Crippen LogP contribution in [0.2, 0.25) is 0 Å². The zero-order valence-electron chi connectivity index (χ0n) is 11.4. The Balaban J connectivity index is 3.52. The largest absolute Gasteiger partial charge is 0.573 e. The van der Waals surface area contributed by atoms with E-state index in [4.69, 9.17) is 0 Å². The van der Waals surface area contributed by atoms with Gasteiger partial charge in [-0.1, -0.05) is 0 Å². The van der Waals surface area contributed by atoms with Gasteiger partial charge in [-0.15, -0.1) is 13.2 Å². The molecule has 0 saturated heterocycles. The maximum absolute atomic E-state index is 12.9. The van der Waals surface area contributed by atoms with Gasteiger partial charge in [0, 0.05) is 5.56 Å². The molecule has 12 heteroatoms. The molecule has 0 bridgehead atoms. The fraction of sp³-hybridized carbons (Fsp3) is 0.455. The van der Waals surface area contributed by atoms with E-state index >= 15 is 0 Å². The van der Waals surface area contributed by atoms with Crippen LogP contribution >= 0.6 is 0 Å². The van der Waals surface area contributed by atoms with Crippen molar-refractivity contribution in [3.8, 4) is 5.75 Å². The minimum absolute atomic E-state index is 0.166. The molecule has 0 spiro atoms. The molecule has 0 aromatic carbocycles. The van der Waals surface area contributed by atoms with Gasteiger partial charge in [-0.2, -0.15) is 0 Å². The lowest BCUT2D eigenvalue weighted by Gasteiger charge is -2.15. The van der Waals surface area contributed by atoms with Gasteiger partial charge in [-0.3, -0.25) is 14.9 Å². The quantitative estimate of drug-likeness (QED) is 0.341. The molecule has 128 valence electrons. The fourth-order valence-electron chi connectivity index (χ4n) is 1.61. The summed E-state index contributed by atoms with van der Waals surface area (Å²) in [5, 5.41) is 10.8. The molecule has 0 aliphatic heterocycles. The number of carbonyl (C=O) groups excluding carboxylic acids is 1. The zero-order chi connectivity index (χ0) is 17.8. The second kappa shape index (κ2) is 7.15. The lowest BCUT2D eigenvalue weighted by molar-refractivity contribution is -0.389. The highest BCUT2D eigenvalue weighted by atomic mass is 19.4. The van der Waals surface area contributed by atoms with E-state index in [9.17, 15) is 36.9 Å². The summed E-state index contributed by atoms with van der Waals surface area (Å²) in [6, 6.07) is 0. The summed E-state index contributed by atoms with van der Waals surface area (Å²) >= 11 is 0. The highest BCUT2D eigenvalue weighted by molar-refractivity contribution is 5.75. The van der Waals surface area contributed by atoms with Crippen LogP contribution < -0.4 is 4.74 Å². The van der Waals surface area contributed by atoms with E-state index in [0.717, 1.165) is 0 Å². The number of ether oxygens (including phenoxy) is 2. The molecule has 0 atom stereocenters. The second-order valence-electron chi connectivity index (χ2n) is 3.92. The van der Waals surface area contributed by atoms with E-state index in [1.165, 1.54) is 6.92 Å². The van der Waals surface area contributed by atoms with Crippen LogP contribution in [0.3, 0.4) is 0 Å². The first kappa shape index (κ1) is 18.5. The van der Waals surface area contributed by atoms with Crippen molar-refractivity contribution in [3.05, 3.63) is 27.6 Å². The van der Waals surface area contributed by atoms with Gasteiger partial charge in [0.25, 0.3) is 6.43 Å². The monoisotopic (exact) mass is 344 g/mol. The molecule has 0 amide bonds. The Kier molecular flexibility index (Phi) is 5.76. The van der Waals surface area contributed by atoms with Crippen molar-refractivity contribution in [1.82, 2.24) is 4.98 Å². The Morgan fingerprint density at radius 2 is 2.04 bits per heavy atom.